The topological polar surface area (TPSA) is 107 Å². The number of nitrogens with zero attached hydrogens (tertiary/aromatic N) is 3. The summed E-state index contributed by atoms with van der Waals surface area (Å²) in [5.41, 5.74) is 0.605. The molecule has 0 aliphatic carbocycles. The molecule has 0 radical (unpaired) electrons. The fourth-order valence-electron chi connectivity index (χ4n) is 1.75. The van der Waals surface area contributed by atoms with Crippen molar-refractivity contribution in [3.8, 4) is 0 Å². The Morgan fingerprint density at radius 1 is 1.43 bits per heavy atom. The highest BCUT2D eigenvalue weighted by molar-refractivity contribution is 7.92. The molecule has 9 heteroatoms. The summed E-state index contributed by atoms with van der Waals surface area (Å²) in [4.78, 5) is 9.91. The Labute approximate surface area is 121 Å². The number of nitrogens with one attached hydrogen (secondary N) is 1. The summed E-state index contributed by atoms with van der Waals surface area (Å²) in [7, 11) is -3.89. The molecule has 2 aromatic rings. The van der Waals surface area contributed by atoms with E-state index in [1.807, 2.05) is 6.92 Å². The van der Waals surface area contributed by atoms with Gasteiger partial charge in [-0.05, 0) is 19.9 Å². The Morgan fingerprint density at radius 3 is 2.71 bits per heavy atom. The van der Waals surface area contributed by atoms with Gasteiger partial charge in [0.25, 0.3) is 15.7 Å². The van der Waals surface area contributed by atoms with Crippen LogP contribution in [0.1, 0.15) is 12.6 Å². The van der Waals surface area contributed by atoms with Gasteiger partial charge in [-0.15, -0.1) is 0 Å². The van der Waals surface area contributed by atoms with Crippen LogP contribution in [0, 0.1) is 17.0 Å². The van der Waals surface area contributed by atoms with Gasteiger partial charge < -0.3 is 0 Å². The van der Waals surface area contributed by atoms with Gasteiger partial charge >= 0.3 is 0 Å². The molecule has 0 atom stereocenters. The summed E-state index contributed by atoms with van der Waals surface area (Å²) >= 11 is 0. The lowest BCUT2D eigenvalue weighted by molar-refractivity contribution is -0.385. The first-order chi connectivity index (χ1) is 9.83. The Kier molecular flexibility index (Phi) is 3.94. The normalized spacial score (nSPS) is 11.3. The van der Waals surface area contributed by atoms with E-state index in [0.29, 0.717) is 17.9 Å². The predicted molar refractivity (Wildman–Crippen MR) is 76.5 cm³/mol. The third-order valence-electron chi connectivity index (χ3n) is 2.85. The number of benzene rings is 1. The van der Waals surface area contributed by atoms with E-state index in [9.17, 15) is 18.5 Å². The van der Waals surface area contributed by atoms with Gasteiger partial charge in [-0.2, -0.15) is 5.10 Å². The molecule has 1 aromatic heterocycles. The number of non-ortho nitro benzene ring substituents is 1. The first kappa shape index (κ1) is 15.0. The third-order valence-corrected chi connectivity index (χ3v) is 4.22. The fraction of sp³-hybridized carbons (Fsp3) is 0.250. The largest absolute Gasteiger partial charge is 0.276 e. The predicted octanol–water partition coefficient (Wildman–Crippen LogP) is 1.92. The van der Waals surface area contributed by atoms with Crippen molar-refractivity contribution < 1.29 is 13.3 Å². The Morgan fingerprint density at radius 2 is 2.14 bits per heavy atom. The minimum absolute atomic E-state index is 0.166. The van der Waals surface area contributed by atoms with Gasteiger partial charge in [-0.25, -0.2) is 8.42 Å². The summed E-state index contributed by atoms with van der Waals surface area (Å²) in [6.45, 7) is 4.17. The van der Waals surface area contributed by atoms with Crippen molar-refractivity contribution in [2.24, 2.45) is 0 Å². The first-order valence-electron chi connectivity index (χ1n) is 6.15. The quantitative estimate of drug-likeness (QED) is 0.670. The van der Waals surface area contributed by atoms with Gasteiger partial charge in [0.05, 0.1) is 21.2 Å². The van der Waals surface area contributed by atoms with Crippen LogP contribution in [0.5, 0.6) is 0 Å². The molecule has 1 heterocycles. The van der Waals surface area contributed by atoms with Gasteiger partial charge in [0.2, 0.25) is 0 Å². The lowest BCUT2D eigenvalue weighted by Gasteiger charge is -2.06. The van der Waals surface area contributed by atoms with Crippen molar-refractivity contribution >= 4 is 21.4 Å². The number of nitro groups is 1. The number of aryl methyl sites for hydroxylation is 2. The molecule has 0 saturated carbocycles. The van der Waals surface area contributed by atoms with Crippen molar-refractivity contribution in [1.29, 1.82) is 0 Å². The zero-order valence-corrected chi connectivity index (χ0v) is 12.3. The molecule has 0 aliphatic heterocycles. The molecule has 8 nitrogen and oxygen atoms in total. The summed E-state index contributed by atoms with van der Waals surface area (Å²) in [5.74, 6) is 0. The highest BCUT2D eigenvalue weighted by Gasteiger charge is 2.19. The van der Waals surface area contributed by atoms with E-state index in [0.717, 1.165) is 6.07 Å². The van der Waals surface area contributed by atoms with E-state index >= 15 is 0 Å². The van der Waals surface area contributed by atoms with Crippen LogP contribution in [0.15, 0.2) is 35.4 Å². The van der Waals surface area contributed by atoms with Crippen molar-refractivity contribution in [3.05, 3.63) is 46.3 Å². The Hall–Kier alpha value is -2.42. The molecule has 0 fully saturated rings. The zero-order valence-electron chi connectivity index (χ0n) is 11.5. The second kappa shape index (κ2) is 5.52. The summed E-state index contributed by atoms with van der Waals surface area (Å²) < 4.78 is 28.5. The molecular weight excluding hydrogens is 296 g/mol. The number of sulfonamides is 1. The maximum Gasteiger partial charge on any atom is 0.270 e. The first-order valence-corrected chi connectivity index (χ1v) is 7.63. The van der Waals surface area contributed by atoms with Gasteiger partial charge in [-0.3, -0.25) is 19.5 Å². The molecule has 0 saturated heterocycles. The Bertz CT molecular complexity index is 782. The van der Waals surface area contributed by atoms with E-state index in [1.165, 1.54) is 18.2 Å². The maximum absolute atomic E-state index is 12.3. The summed E-state index contributed by atoms with van der Waals surface area (Å²) in [6, 6.07) is 4.88. The summed E-state index contributed by atoms with van der Waals surface area (Å²) in [5, 5.41) is 14.8. The zero-order chi connectivity index (χ0) is 15.6. The van der Waals surface area contributed by atoms with Gasteiger partial charge in [0, 0.05) is 24.9 Å². The van der Waals surface area contributed by atoms with Crippen LogP contribution < -0.4 is 4.72 Å². The van der Waals surface area contributed by atoms with Crippen LogP contribution in [-0.2, 0) is 16.6 Å². The van der Waals surface area contributed by atoms with E-state index in [1.54, 1.807) is 17.8 Å². The molecule has 0 bridgehead atoms. The molecular formula is C12H14N4O4S. The molecule has 0 amide bonds. The monoisotopic (exact) mass is 310 g/mol. The third kappa shape index (κ3) is 3.19. The maximum atomic E-state index is 12.3. The SMILES string of the molecule is CCn1cc(NS(=O)(=O)c2cccc([N+](=O)[O-])c2)c(C)n1. The highest BCUT2D eigenvalue weighted by Crippen LogP contribution is 2.21. The second-order valence-electron chi connectivity index (χ2n) is 4.34. The van der Waals surface area contributed by atoms with E-state index in [4.69, 9.17) is 0 Å². The number of rotatable bonds is 5. The molecule has 21 heavy (non-hydrogen) atoms. The number of hydrogen-bond donors (Lipinski definition) is 1. The van der Waals surface area contributed by atoms with Crippen LogP contribution in [0.25, 0.3) is 0 Å². The molecule has 112 valence electrons. The standard InChI is InChI=1S/C12H14N4O4S/c1-3-15-8-12(9(2)13-15)14-21(19,20)11-6-4-5-10(7-11)16(17)18/h4-8,14H,3H2,1-2H3. The van der Waals surface area contributed by atoms with Crippen molar-refractivity contribution in [3.63, 3.8) is 0 Å². The smallest absolute Gasteiger partial charge is 0.270 e. The number of aromatic nitrogens is 2. The molecule has 1 N–H and O–H groups in total. The average Bonchev–Trinajstić information content (AvgIpc) is 2.79. The molecule has 1 aromatic carbocycles. The average molecular weight is 310 g/mol. The van der Waals surface area contributed by atoms with Gasteiger partial charge in [0.15, 0.2) is 0 Å². The van der Waals surface area contributed by atoms with Crippen LogP contribution >= 0.6 is 0 Å². The van der Waals surface area contributed by atoms with Crippen LogP contribution in [0.4, 0.5) is 11.4 Å². The molecule has 0 spiro atoms. The number of hydrogen-bond acceptors (Lipinski definition) is 5. The highest BCUT2D eigenvalue weighted by atomic mass is 32.2. The lowest BCUT2D eigenvalue weighted by atomic mass is 10.3. The van der Waals surface area contributed by atoms with Crippen molar-refractivity contribution in [2.45, 2.75) is 25.3 Å². The van der Waals surface area contributed by atoms with E-state index in [-0.39, 0.29) is 10.6 Å². The molecule has 0 aliphatic rings. The van der Waals surface area contributed by atoms with E-state index in [2.05, 4.69) is 9.82 Å². The van der Waals surface area contributed by atoms with Crippen molar-refractivity contribution in [1.82, 2.24) is 9.78 Å². The van der Waals surface area contributed by atoms with Gasteiger partial charge in [-0.1, -0.05) is 6.07 Å². The summed E-state index contributed by atoms with van der Waals surface area (Å²) in [6.07, 6.45) is 1.57. The lowest BCUT2D eigenvalue weighted by Crippen LogP contribution is -2.13. The van der Waals surface area contributed by atoms with Crippen molar-refractivity contribution in [2.75, 3.05) is 4.72 Å². The number of nitro benzene ring substituents is 1. The minimum Gasteiger partial charge on any atom is -0.276 e. The van der Waals surface area contributed by atoms with Crippen LogP contribution in [-0.4, -0.2) is 23.1 Å². The van der Waals surface area contributed by atoms with Crippen LogP contribution in [0.2, 0.25) is 0 Å². The molecule has 0 unspecified atom stereocenters. The second-order valence-corrected chi connectivity index (χ2v) is 6.03. The fourth-order valence-corrected chi connectivity index (χ4v) is 2.89. The van der Waals surface area contributed by atoms with Gasteiger partial charge in [0.1, 0.15) is 0 Å². The minimum atomic E-state index is -3.89. The van der Waals surface area contributed by atoms with E-state index < -0.39 is 14.9 Å². The Balaban J connectivity index is 2.36. The number of anilines is 1. The molecule has 2 rings (SSSR count). The van der Waals surface area contributed by atoms with Crippen LogP contribution in [0.3, 0.4) is 0 Å².